The summed E-state index contributed by atoms with van der Waals surface area (Å²) in [6.45, 7) is 0.939. The van der Waals surface area contributed by atoms with Gasteiger partial charge in [-0.25, -0.2) is 13.2 Å². The number of nitrogens with zero attached hydrogens (tertiary/aromatic N) is 1. The first-order valence-corrected chi connectivity index (χ1v) is 10.8. The molecular weight excluding hydrogens is 390 g/mol. The maximum Gasteiger partial charge on any atom is 0.343 e. The van der Waals surface area contributed by atoms with Crippen molar-refractivity contribution in [2.75, 3.05) is 20.2 Å². The number of carbonyl (C=O) groups is 1. The minimum atomic E-state index is -3.74. The summed E-state index contributed by atoms with van der Waals surface area (Å²) in [6.07, 6.45) is 1.65. The number of methoxy groups -OCH3 is 1. The Hall–Kier alpha value is -2.90. The van der Waals surface area contributed by atoms with Crippen LogP contribution >= 0.6 is 0 Å². The van der Waals surface area contributed by atoms with Crippen LogP contribution < -0.4 is 9.47 Å². The predicted octanol–water partition coefficient (Wildman–Crippen LogP) is 3.85. The molecule has 3 aromatic carbocycles. The van der Waals surface area contributed by atoms with E-state index in [2.05, 4.69) is 0 Å². The molecule has 0 saturated carbocycles. The Kier molecular flexibility index (Phi) is 5.25. The van der Waals surface area contributed by atoms with E-state index >= 15 is 0 Å². The van der Waals surface area contributed by atoms with E-state index in [4.69, 9.17) is 9.47 Å². The minimum Gasteiger partial charge on any atom is -0.495 e. The fraction of sp³-hybridized carbons (Fsp3) is 0.227. The van der Waals surface area contributed by atoms with E-state index in [1.807, 2.05) is 30.3 Å². The standard InChI is InChI=1S/C22H21NO5S/c1-27-20-11-9-18(15-21(20)29(25,26)23-12-4-5-13-23)22(24)28-19-10-8-16-6-2-3-7-17(16)14-19/h2-3,6-11,14-15H,4-5,12-13H2,1H3. The highest BCUT2D eigenvalue weighted by atomic mass is 32.2. The number of carbonyl (C=O) groups excluding carboxylic acids is 1. The third kappa shape index (κ3) is 3.83. The summed E-state index contributed by atoms with van der Waals surface area (Å²) in [7, 11) is -2.33. The molecule has 0 spiro atoms. The molecular formula is C22H21NO5S. The Morgan fingerprint density at radius 1 is 0.931 bits per heavy atom. The maximum absolute atomic E-state index is 13.0. The van der Waals surface area contributed by atoms with Crippen molar-refractivity contribution in [3.8, 4) is 11.5 Å². The number of sulfonamides is 1. The predicted molar refractivity (Wildman–Crippen MR) is 110 cm³/mol. The maximum atomic E-state index is 13.0. The summed E-state index contributed by atoms with van der Waals surface area (Å²) in [6, 6.07) is 17.4. The molecule has 150 valence electrons. The second kappa shape index (κ2) is 7.85. The number of hydrogen-bond donors (Lipinski definition) is 0. The third-order valence-electron chi connectivity index (χ3n) is 5.01. The lowest BCUT2D eigenvalue weighted by atomic mass is 10.1. The van der Waals surface area contributed by atoms with Crippen molar-refractivity contribution in [2.45, 2.75) is 17.7 Å². The molecule has 0 atom stereocenters. The van der Waals surface area contributed by atoms with Crippen molar-refractivity contribution in [2.24, 2.45) is 0 Å². The fourth-order valence-electron chi connectivity index (χ4n) is 3.47. The fourth-order valence-corrected chi connectivity index (χ4v) is 5.17. The summed E-state index contributed by atoms with van der Waals surface area (Å²) >= 11 is 0. The Morgan fingerprint density at radius 2 is 1.66 bits per heavy atom. The average molecular weight is 411 g/mol. The first kappa shape index (κ1) is 19.4. The summed E-state index contributed by atoms with van der Waals surface area (Å²) in [5.41, 5.74) is 0.150. The van der Waals surface area contributed by atoms with Crippen molar-refractivity contribution in [1.29, 1.82) is 0 Å². The van der Waals surface area contributed by atoms with Crippen molar-refractivity contribution in [3.63, 3.8) is 0 Å². The molecule has 0 unspecified atom stereocenters. The van der Waals surface area contributed by atoms with Crippen molar-refractivity contribution >= 4 is 26.8 Å². The first-order chi connectivity index (χ1) is 14.0. The van der Waals surface area contributed by atoms with Gasteiger partial charge in [-0.1, -0.05) is 30.3 Å². The van der Waals surface area contributed by atoms with Crippen LogP contribution in [0.3, 0.4) is 0 Å². The molecule has 29 heavy (non-hydrogen) atoms. The molecule has 0 amide bonds. The average Bonchev–Trinajstić information content (AvgIpc) is 3.29. The Bertz CT molecular complexity index is 1170. The molecule has 6 nitrogen and oxygen atoms in total. The van der Waals surface area contributed by atoms with Crippen molar-refractivity contribution < 1.29 is 22.7 Å². The van der Waals surface area contributed by atoms with Crippen LogP contribution in [0.2, 0.25) is 0 Å². The molecule has 4 rings (SSSR count). The number of hydrogen-bond acceptors (Lipinski definition) is 5. The van der Waals surface area contributed by atoms with Gasteiger partial charge in [0.25, 0.3) is 0 Å². The lowest BCUT2D eigenvalue weighted by Crippen LogP contribution is -2.28. The van der Waals surface area contributed by atoms with Gasteiger partial charge in [0.15, 0.2) is 0 Å². The van der Waals surface area contributed by atoms with E-state index in [-0.39, 0.29) is 16.2 Å². The minimum absolute atomic E-state index is 0.0186. The molecule has 1 aliphatic heterocycles. The largest absolute Gasteiger partial charge is 0.495 e. The van der Waals surface area contributed by atoms with Crippen molar-refractivity contribution in [1.82, 2.24) is 4.31 Å². The number of esters is 1. The molecule has 0 bridgehead atoms. The number of benzene rings is 3. The molecule has 0 radical (unpaired) electrons. The smallest absolute Gasteiger partial charge is 0.343 e. The monoisotopic (exact) mass is 411 g/mol. The molecule has 0 aliphatic carbocycles. The Balaban J connectivity index is 1.64. The quantitative estimate of drug-likeness (QED) is 0.471. The van der Waals surface area contributed by atoms with Crippen LogP contribution in [0.5, 0.6) is 11.5 Å². The van der Waals surface area contributed by atoms with Crippen LogP contribution in [0.4, 0.5) is 0 Å². The van der Waals surface area contributed by atoms with Crippen LogP contribution in [0.25, 0.3) is 10.8 Å². The second-order valence-electron chi connectivity index (χ2n) is 6.88. The van der Waals surface area contributed by atoms with E-state index in [1.54, 1.807) is 12.1 Å². The van der Waals surface area contributed by atoms with Crippen LogP contribution in [0.15, 0.2) is 65.6 Å². The zero-order valence-corrected chi connectivity index (χ0v) is 16.8. The van der Waals surface area contributed by atoms with Crippen LogP contribution in [0, 0.1) is 0 Å². The topological polar surface area (TPSA) is 72.9 Å². The second-order valence-corrected chi connectivity index (χ2v) is 8.78. The van der Waals surface area contributed by atoms with Gasteiger partial charge in [0, 0.05) is 13.1 Å². The highest BCUT2D eigenvalue weighted by Crippen LogP contribution is 2.30. The van der Waals surface area contributed by atoms with Gasteiger partial charge in [0.2, 0.25) is 10.0 Å². The van der Waals surface area contributed by atoms with Gasteiger partial charge in [-0.05, 0) is 53.9 Å². The Morgan fingerprint density at radius 3 is 2.38 bits per heavy atom. The molecule has 1 heterocycles. The zero-order chi connectivity index (χ0) is 20.4. The number of fused-ring (bicyclic) bond motifs is 1. The number of rotatable bonds is 5. The highest BCUT2D eigenvalue weighted by molar-refractivity contribution is 7.89. The van der Waals surface area contributed by atoms with Crippen molar-refractivity contribution in [3.05, 3.63) is 66.2 Å². The van der Waals surface area contributed by atoms with Gasteiger partial charge in [0.05, 0.1) is 12.7 Å². The summed E-state index contributed by atoms with van der Waals surface area (Å²) in [5, 5.41) is 1.99. The highest BCUT2D eigenvalue weighted by Gasteiger charge is 2.30. The molecule has 1 fully saturated rings. The van der Waals surface area contributed by atoms with Gasteiger partial charge >= 0.3 is 5.97 Å². The molecule has 0 N–H and O–H groups in total. The SMILES string of the molecule is COc1ccc(C(=O)Oc2ccc3ccccc3c2)cc1S(=O)(=O)N1CCCC1. The lowest BCUT2D eigenvalue weighted by Gasteiger charge is -2.18. The summed E-state index contributed by atoms with van der Waals surface area (Å²) < 4.78 is 38.1. The summed E-state index contributed by atoms with van der Waals surface area (Å²) in [5.74, 6) is -0.0200. The molecule has 0 aromatic heterocycles. The number of ether oxygens (including phenoxy) is 2. The zero-order valence-electron chi connectivity index (χ0n) is 16.0. The summed E-state index contributed by atoms with van der Waals surface area (Å²) in [4.78, 5) is 12.7. The van der Waals surface area contributed by atoms with Crippen LogP contribution in [0.1, 0.15) is 23.2 Å². The van der Waals surface area contributed by atoms with Gasteiger partial charge in [-0.3, -0.25) is 0 Å². The lowest BCUT2D eigenvalue weighted by molar-refractivity contribution is 0.0734. The Labute approximate surface area is 169 Å². The molecule has 1 aliphatic rings. The van der Waals surface area contributed by atoms with E-state index in [0.29, 0.717) is 18.8 Å². The van der Waals surface area contributed by atoms with E-state index in [9.17, 15) is 13.2 Å². The van der Waals surface area contributed by atoms with E-state index in [1.165, 1.54) is 29.6 Å². The van der Waals surface area contributed by atoms with Crippen LogP contribution in [-0.2, 0) is 10.0 Å². The van der Waals surface area contributed by atoms with Gasteiger partial charge in [0.1, 0.15) is 16.4 Å². The van der Waals surface area contributed by atoms with Gasteiger partial charge in [-0.15, -0.1) is 0 Å². The molecule has 3 aromatic rings. The van der Waals surface area contributed by atoms with E-state index < -0.39 is 16.0 Å². The van der Waals surface area contributed by atoms with Crippen LogP contribution in [-0.4, -0.2) is 38.9 Å². The van der Waals surface area contributed by atoms with Gasteiger partial charge in [-0.2, -0.15) is 4.31 Å². The molecule has 1 saturated heterocycles. The third-order valence-corrected chi connectivity index (χ3v) is 6.93. The van der Waals surface area contributed by atoms with Gasteiger partial charge < -0.3 is 9.47 Å². The first-order valence-electron chi connectivity index (χ1n) is 9.38. The normalized spacial score (nSPS) is 14.8. The van der Waals surface area contributed by atoms with E-state index in [0.717, 1.165) is 23.6 Å². The molecule has 7 heteroatoms.